The molecule has 114 valence electrons. The summed E-state index contributed by atoms with van der Waals surface area (Å²) in [5, 5.41) is 12.3. The monoisotopic (exact) mass is 300 g/mol. The summed E-state index contributed by atoms with van der Waals surface area (Å²) in [6, 6.07) is 0. The quantitative estimate of drug-likeness (QED) is 0.601. The Hall–Kier alpha value is -1.34. The van der Waals surface area contributed by atoms with Crippen molar-refractivity contribution in [1.29, 1.82) is 0 Å². The van der Waals surface area contributed by atoms with Crippen LogP contribution in [-0.4, -0.2) is 42.7 Å². The number of nitrogens with two attached hydrogens (primary N) is 1. The van der Waals surface area contributed by atoms with Crippen LogP contribution in [0.5, 0.6) is 0 Å². The molecule has 1 aromatic heterocycles. The van der Waals surface area contributed by atoms with E-state index >= 15 is 0 Å². The number of aliphatic hydroxyl groups is 1. The number of nitrogens with zero attached hydrogens (tertiary/aromatic N) is 2. The predicted molar refractivity (Wildman–Crippen MR) is 83.4 cm³/mol. The summed E-state index contributed by atoms with van der Waals surface area (Å²) in [5.41, 5.74) is 5.79. The van der Waals surface area contributed by atoms with Gasteiger partial charge in [-0.25, -0.2) is 4.98 Å². The molecule has 0 aliphatic heterocycles. The van der Waals surface area contributed by atoms with Crippen molar-refractivity contribution in [3.05, 3.63) is 4.88 Å². The van der Waals surface area contributed by atoms with Crippen molar-refractivity contribution in [2.45, 2.75) is 32.6 Å². The Morgan fingerprint density at radius 2 is 2.10 bits per heavy atom. The van der Waals surface area contributed by atoms with Crippen molar-refractivity contribution in [2.24, 2.45) is 0 Å². The third-order valence-corrected chi connectivity index (χ3v) is 4.20. The molecule has 0 aliphatic rings. The molecule has 0 fully saturated rings. The maximum Gasteiger partial charge on any atom is 0.265 e. The zero-order chi connectivity index (χ0) is 15.0. The van der Waals surface area contributed by atoms with Gasteiger partial charge in [0.1, 0.15) is 10.7 Å². The normalized spacial score (nSPS) is 10.6. The minimum Gasteiger partial charge on any atom is -0.396 e. The Morgan fingerprint density at radius 1 is 1.40 bits per heavy atom. The highest BCUT2D eigenvalue weighted by Crippen LogP contribution is 2.27. The number of rotatable bonds is 9. The molecule has 0 aliphatic carbocycles. The first-order valence-electron chi connectivity index (χ1n) is 6.96. The average molecular weight is 300 g/mol. The Morgan fingerprint density at radius 3 is 2.75 bits per heavy atom. The van der Waals surface area contributed by atoms with Crippen LogP contribution in [0, 0.1) is 0 Å². The molecule has 0 saturated carbocycles. The first kappa shape index (κ1) is 16.7. The van der Waals surface area contributed by atoms with Gasteiger partial charge in [-0.3, -0.25) is 4.79 Å². The Kier molecular flexibility index (Phi) is 7.32. The van der Waals surface area contributed by atoms with Crippen molar-refractivity contribution in [3.8, 4) is 0 Å². The zero-order valence-electron chi connectivity index (χ0n) is 12.2. The number of thiazole rings is 1. The third kappa shape index (κ3) is 4.97. The fourth-order valence-electron chi connectivity index (χ4n) is 1.65. The molecule has 1 aromatic rings. The van der Waals surface area contributed by atoms with Gasteiger partial charge in [0, 0.05) is 26.7 Å². The van der Waals surface area contributed by atoms with E-state index in [1.165, 1.54) is 11.3 Å². The van der Waals surface area contributed by atoms with Crippen molar-refractivity contribution < 1.29 is 9.90 Å². The van der Waals surface area contributed by atoms with Crippen molar-refractivity contribution in [1.82, 2.24) is 10.3 Å². The number of anilines is 2. The highest BCUT2D eigenvalue weighted by atomic mass is 32.1. The predicted octanol–water partition coefficient (Wildman–Crippen LogP) is 1.46. The maximum absolute atomic E-state index is 12.0. The first-order chi connectivity index (χ1) is 9.60. The third-order valence-electron chi connectivity index (χ3n) is 3.02. The molecular formula is C13H24N4O2S. The van der Waals surface area contributed by atoms with E-state index in [4.69, 9.17) is 10.8 Å². The van der Waals surface area contributed by atoms with Gasteiger partial charge in [-0.05, 0) is 19.8 Å². The second kappa shape index (κ2) is 8.76. The second-order valence-corrected chi connectivity index (χ2v) is 5.60. The smallest absolute Gasteiger partial charge is 0.265 e. The van der Waals surface area contributed by atoms with Gasteiger partial charge in [-0.1, -0.05) is 24.2 Å². The molecule has 0 unspecified atom stereocenters. The average Bonchev–Trinajstić information content (AvgIpc) is 2.83. The van der Waals surface area contributed by atoms with Crippen LogP contribution in [0.25, 0.3) is 0 Å². The summed E-state index contributed by atoms with van der Waals surface area (Å²) in [7, 11) is 1.92. The lowest BCUT2D eigenvalue weighted by molar-refractivity contribution is 0.0957. The van der Waals surface area contributed by atoms with Gasteiger partial charge in [0.25, 0.3) is 5.91 Å². The van der Waals surface area contributed by atoms with Crippen molar-refractivity contribution in [2.75, 3.05) is 37.4 Å². The molecule has 20 heavy (non-hydrogen) atoms. The highest BCUT2D eigenvalue weighted by Gasteiger charge is 2.17. The van der Waals surface area contributed by atoms with Crippen LogP contribution in [-0.2, 0) is 0 Å². The summed E-state index contributed by atoms with van der Waals surface area (Å²) >= 11 is 1.32. The summed E-state index contributed by atoms with van der Waals surface area (Å²) < 4.78 is 0. The number of nitrogens with one attached hydrogen (secondary N) is 1. The van der Waals surface area contributed by atoms with E-state index in [0.29, 0.717) is 17.2 Å². The summed E-state index contributed by atoms with van der Waals surface area (Å²) in [4.78, 5) is 18.6. The molecular weight excluding hydrogens is 276 g/mol. The van der Waals surface area contributed by atoms with Gasteiger partial charge in [0.2, 0.25) is 0 Å². The Balaban J connectivity index is 2.41. The first-order valence-corrected chi connectivity index (χ1v) is 7.78. The molecule has 1 amide bonds. The molecule has 0 atom stereocenters. The molecule has 7 heteroatoms. The molecule has 0 radical (unpaired) electrons. The number of carbonyl (C=O) groups excluding carboxylic acids is 1. The Bertz CT molecular complexity index is 423. The van der Waals surface area contributed by atoms with Gasteiger partial charge in [0.15, 0.2) is 5.13 Å². The van der Waals surface area contributed by atoms with Crippen LogP contribution < -0.4 is 16.0 Å². The molecule has 0 bridgehead atoms. The van der Waals surface area contributed by atoms with Crippen LogP contribution in [0.2, 0.25) is 0 Å². The van der Waals surface area contributed by atoms with E-state index in [2.05, 4.69) is 10.3 Å². The number of carbonyl (C=O) groups is 1. The van der Waals surface area contributed by atoms with Crippen LogP contribution >= 0.6 is 11.3 Å². The number of hydrogen-bond acceptors (Lipinski definition) is 6. The number of unbranched alkanes of at least 4 members (excludes halogenated alkanes) is 3. The molecule has 6 nitrogen and oxygen atoms in total. The fourth-order valence-corrected chi connectivity index (χ4v) is 2.58. The van der Waals surface area contributed by atoms with E-state index in [1.54, 1.807) is 0 Å². The van der Waals surface area contributed by atoms with Gasteiger partial charge < -0.3 is 21.1 Å². The second-order valence-electron chi connectivity index (χ2n) is 4.62. The minimum absolute atomic E-state index is 0.155. The number of amides is 1. The molecule has 1 heterocycles. The zero-order valence-corrected chi connectivity index (χ0v) is 13.0. The van der Waals surface area contributed by atoms with Crippen LogP contribution in [0.15, 0.2) is 0 Å². The van der Waals surface area contributed by atoms with E-state index in [9.17, 15) is 4.79 Å². The Labute approximate surface area is 124 Å². The number of aliphatic hydroxyl groups excluding tert-OH is 1. The van der Waals surface area contributed by atoms with E-state index in [0.717, 1.165) is 37.4 Å². The van der Waals surface area contributed by atoms with Crippen LogP contribution in [0.4, 0.5) is 10.9 Å². The lowest BCUT2D eigenvalue weighted by Crippen LogP contribution is -2.24. The lowest BCUT2D eigenvalue weighted by atomic mass is 10.2. The standard InChI is InChI=1S/C13H24N4O2S/c1-3-17(2)13-16-11(14)10(20-13)12(19)15-8-6-4-5-7-9-18/h18H,3-9,14H2,1-2H3,(H,15,19). The molecule has 0 aromatic carbocycles. The largest absolute Gasteiger partial charge is 0.396 e. The maximum atomic E-state index is 12.0. The molecule has 0 saturated heterocycles. The van der Waals surface area contributed by atoms with Gasteiger partial charge in [-0.2, -0.15) is 0 Å². The summed E-state index contributed by atoms with van der Waals surface area (Å²) in [6.07, 6.45) is 3.72. The molecule has 4 N–H and O–H groups in total. The number of hydrogen-bond donors (Lipinski definition) is 3. The molecule has 1 rings (SSSR count). The van der Waals surface area contributed by atoms with E-state index < -0.39 is 0 Å². The van der Waals surface area contributed by atoms with Crippen molar-refractivity contribution in [3.63, 3.8) is 0 Å². The van der Waals surface area contributed by atoms with E-state index in [-0.39, 0.29) is 12.5 Å². The molecule has 0 spiro atoms. The van der Waals surface area contributed by atoms with Gasteiger partial charge in [0.05, 0.1) is 0 Å². The highest BCUT2D eigenvalue weighted by molar-refractivity contribution is 7.18. The van der Waals surface area contributed by atoms with Crippen molar-refractivity contribution >= 4 is 28.2 Å². The summed E-state index contributed by atoms with van der Waals surface area (Å²) in [5.74, 6) is 0.140. The number of aromatic nitrogens is 1. The number of nitrogen functional groups attached to an aromatic ring is 1. The van der Waals surface area contributed by atoms with Gasteiger partial charge in [-0.15, -0.1) is 0 Å². The fraction of sp³-hybridized carbons (Fsp3) is 0.692. The van der Waals surface area contributed by atoms with Gasteiger partial charge >= 0.3 is 0 Å². The minimum atomic E-state index is -0.155. The van der Waals surface area contributed by atoms with Crippen LogP contribution in [0.1, 0.15) is 42.3 Å². The summed E-state index contributed by atoms with van der Waals surface area (Å²) in [6.45, 7) is 3.70. The lowest BCUT2D eigenvalue weighted by Gasteiger charge is -2.10. The van der Waals surface area contributed by atoms with Crippen LogP contribution in [0.3, 0.4) is 0 Å². The SMILES string of the molecule is CCN(C)c1nc(N)c(C(=O)NCCCCCCO)s1. The topological polar surface area (TPSA) is 91.5 Å². The van der Waals surface area contributed by atoms with E-state index in [1.807, 2.05) is 18.9 Å².